The van der Waals surface area contributed by atoms with Crippen LogP contribution < -0.4 is 4.90 Å². The Kier molecular flexibility index (Phi) is 4.78. The Hall–Kier alpha value is -1.49. The number of benzene rings is 1. The fraction of sp³-hybridized carbons (Fsp3) is 0.385. The molecule has 0 spiro atoms. The van der Waals surface area contributed by atoms with Crippen molar-refractivity contribution in [1.29, 1.82) is 0 Å². The van der Waals surface area contributed by atoms with Crippen molar-refractivity contribution < 1.29 is 14.7 Å². The third kappa shape index (κ3) is 3.26. The van der Waals surface area contributed by atoms with E-state index >= 15 is 0 Å². The van der Waals surface area contributed by atoms with Crippen molar-refractivity contribution in [2.75, 3.05) is 17.7 Å². The number of ketones is 1. The van der Waals surface area contributed by atoms with Gasteiger partial charge in [-0.2, -0.15) is 0 Å². The normalized spacial score (nSPS) is 10.2. The van der Waals surface area contributed by atoms with Crippen molar-refractivity contribution in [1.82, 2.24) is 0 Å². The second-order valence-corrected chi connectivity index (χ2v) is 5.00. The van der Waals surface area contributed by atoms with Crippen LogP contribution in [0.2, 0.25) is 0 Å². The lowest BCUT2D eigenvalue weighted by Crippen LogP contribution is -2.33. The van der Waals surface area contributed by atoms with Gasteiger partial charge in [-0.3, -0.25) is 9.69 Å². The maximum atomic E-state index is 11.2. The molecule has 0 aromatic heterocycles. The number of carbonyl (C=O) groups excluding carboxylic acids is 1. The molecule has 0 aliphatic heterocycles. The van der Waals surface area contributed by atoms with Crippen molar-refractivity contribution in [3.05, 3.63) is 23.3 Å². The van der Waals surface area contributed by atoms with Crippen LogP contribution in [0.4, 0.5) is 10.5 Å². The lowest BCUT2D eigenvalue weighted by atomic mass is 10.1. The zero-order valence-corrected chi connectivity index (χ0v) is 11.8. The Morgan fingerprint density at radius 3 is 2.11 bits per heavy atom. The highest BCUT2D eigenvalue weighted by molar-refractivity contribution is 7.98. The number of Topliss-reactive ketones (excluding diaryl/α,β-unsaturated/α-hetero) is 1. The van der Waals surface area contributed by atoms with Crippen molar-refractivity contribution in [2.24, 2.45) is 0 Å². The van der Waals surface area contributed by atoms with Crippen LogP contribution in [0.15, 0.2) is 17.0 Å². The average Bonchev–Trinajstić information content (AvgIpc) is 2.24. The minimum absolute atomic E-state index is 0.118. The van der Waals surface area contributed by atoms with Gasteiger partial charge < -0.3 is 5.11 Å². The molecule has 1 N–H and O–H groups in total. The quantitative estimate of drug-likeness (QED) is 0.852. The molecule has 0 heterocycles. The van der Waals surface area contributed by atoms with E-state index in [0.29, 0.717) is 5.69 Å². The third-order valence-corrected chi connectivity index (χ3v) is 3.62. The number of carboxylic acid groups (broad SMARTS) is 1. The predicted molar refractivity (Wildman–Crippen MR) is 73.7 cm³/mol. The number of hydrogen-bond acceptors (Lipinski definition) is 3. The first-order valence-electron chi connectivity index (χ1n) is 5.52. The fourth-order valence-corrected chi connectivity index (χ4v) is 2.66. The van der Waals surface area contributed by atoms with Crippen LogP contribution >= 0.6 is 11.8 Å². The number of carbonyl (C=O) groups is 2. The van der Waals surface area contributed by atoms with E-state index in [1.807, 2.05) is 20.1 Å². The van der Waals surface area contributed by atoms with Crippen LogP contribution in [0, 0.1) is 13.8 Å². The molecule has 0 atom stereocenters. The number of amides is 1. The summed E-state index contributed by atoms with van der Waals surface area (Å²) < 4.78 is 0. The van der Waals surface area contributed by atoms with Gasteiger partial charge in [0.25, 0.3) is 0 Å². The van der Waals surface area contributed by atoms with Crippen molar-refractivity contribution >= 4 is 29.3 Å². The number of nitrogens with zero attached hydrogens (tertiary/aromatic N) is 1. The molecule has 0 bridgehead atoms. The lowest BCUT2D eigenvalue weighted by Gasteiger charge is -2.20. The molecule has 4 nitrogen and oxygen atoms in total. The highest BCUT2D eigenvalue weighted by Gasteiger charge is 2.17. The molecule has 1 aromatic carbocycles. The zero-order chi connectivity index (χ0) is 13.9. The predicted octanol–water partition coefficient (Wildman–Crippen LogP) is 3.10. The highest BCUT2D eigenvalue weighted by Crippen LogP contribution is 2.29. The molecular formula is C13H17NO3S. The van der Waals surface area contributed by atoms with Crippen molar-refractivity contribution in [3.63, 3.8) is 0 Å². The van der Waals surface area contributed by atoms with Crippen molar-refractivity contribution in [2.45, 2.75) is 25.7 Å². The molecule has 0 unspecified atom stereocenters. The van der Waals surface area contributed by atoms with E-state index in [1.54, 1.807) is 23.9 Å². The van der Waals surface area contributed by atoms with Crippen LogP contribution in [-0.2, 0) is 4.79 Å². The van der Waals surface area contributed by atoms with E-state index in [-0.39, 0.29) is 12.3 Å². The monoisotopic (exact) mass is 267 g/mol. The van der Waals surface area contributed by atoms with Crippen LogP contribution in [0.1, 0.15) is 18.1 Å². The third-order valence-electron chi connectivity index (χ3n) is 2.57. The summed E-state index contributed by atoms with van der Waals surface area (Å²) in [5.74, 6) is -0.179. The van der Waals surface area contributed by atoms with Gasteiger partial charge in [-0.25, -0.2) is 4.79 Å². The Bertz CT molecular complexity index is 462. The molecule has 0 radical (unpaired) electrons. The summed E-state index contributed by atoms with van der Waals surface area (Å²) in [4.78, 5) is 24.5. The zero-order valence-electron chi connectivity index (χ0n) is 11.0. The smallest absolute Gasteiger partial charge is 0.412 e. The van der Waals surface area contributed by atoms with Crippen LogP contribution in [0.3, 0.4) is 0 Å². The van der Waals surface area contributed by atoms with Gasteiger partial charge in [0.1, 0.15) is 5.78 Å². The van der Waals surface area contributed by atoms with Crippen LogP contribution in [-0.4, -0.2) is 29.8 Å². The molecule has 1 rings (SSSR count). The van der Waals surface area contributed by atoms with E-state index in [0.717, 1.165) is 20.9 Å². The molecule has 5 heteroatoms. The van der Waals surface area contributed by atoms with E-state index in [9.17, 15) is 9.59 Å². The van der Waals surface area contributed by atoms with Gasteiger partial charge in [-0.15, -0.1) is 11.8 Å². The highest BCUT2D eigenvalue weighted by atomic mass is 32.2. The first-order chi connectivity index (χ1) is 8.36. The second kappa shape index (κ2) is 5.91. The standard InChI is InChI=1S/C13H17NO3S/c1-8-5-11(6-9(2)12(8)18-4)14(13(16)17)7-10(3)15/h5-6H,7H2,1-4H3,(H,16,17). The van der Waals surface area contributed by atoms with Gasteiger partial charge in [0, 0.05) is 10.6 Å². The van der Waals surface area contributed by atoms with Gasteiger partial charge in [0.05, 0.1) is 6.54 Å². The van der Waals surface area contributed by atoms with Gasteiger partial charge in [0.15, 0.2) is 0 Å². The Labute approximate surface area is 111 Å². The van der Waals surface area contributed by atoms with Crippen molar-refractivity contribution in [3.8, 4) is 0 Å². The van der Waals surface area contributed by atoms with Crippen LogP contribution in [0.5, 0.6) is 0 Å². The number of thioether (sulfide) groups is 1. The minimum atomic E-state index is -1.11. The Morgan fingerprint density at radius 1 is 1.28 bits per heavy atom. The molecule has 0 aliphatic rings. The second-order valence-electron chi connectivity index (χ2n) is 4.18. The summed E-state index contributed by atoms with van der Waals surface area (Å²) in [6.07, 6.45) is 0.875. The summed E-state index contributed by atoms with van der Waals surface area (Å²) in [6.45, 7) is 5.14. The molecule has 98 valence electrons. The summed E-state index contributed by atoms with van der Waals surface area (Å²) >= 11 is 1.63. The maximum absolute atomic E-state index is 11.2. The summed E-state index contributed by atoms with van der Waals surface area (Å²) in [6, 6.07) is 3.60. The molecule has 0 saturated heterocycles. The lowest BCUT2D eigenvalue weighted by molar-refractivity contribution is -0.115. The SMILES string of the molecule is CSc1c(C)cc(N(CC(C)=O)C(=O)O)cc1C. The minimum Gasteiger partial charge on any atom is -0.465 e. The molecule has 18 heavy (non-hydrogen) atoms. The Morgan fingerprint density at radius 2 is 1.78 bits per heavy atom. The molecule has 0 fully saturated rings. The number of rotatable bonds is 4. The van der Waals surface area contributed by atoms with Gasteiger partial charge in [-0.05, 0) is 50.3 Å². The summed E-state index contributed by atoms with van der Waals surface area (Å²) in [7, 11) is 0. The largest absolute Gasteiger partial charge is 0.465 e. The summed E-state index contributed by atoms with van der Waals surface area (Å²) in [5.41, 5.74) is 2.59. The van der Waals surface area contributed by atoms with Gasteiger partial charge in [-0.1, -0.05) is 0 Å². The van der Waals surface area contributed by atoms with Gasteiger partial charge in [0.2, 0.25) is 0 Å². The van der Waals surface area contributed by atoms with E-state index < -0.39 is 6.09 Å². The fourth-order valence-electron chi connectivity index (χ4n) is 1.90. The van der Waals surface area contributed by atoms with E-state index in [2.05, 4.69) is 0 Å². The molecule has 0 saturated carbocycles. The first-order valence-corrected chi connectivity index (χ1v) is 6.74. The number of anilines is 1. The first kappa shape index (κ1) is 14.6. The average molecular weight is 267 g/mol. The molecule has 0 aliphatic carbocycles. The maximum Gasteiger partial charge on any atom is 0.412 e. The van der Waals surface area contributed by atoms with Crippen LogP contribution in [0.25, 0.3) is 0 Å². The topological polar surface area (TPSA) is 57.6 Å². The number of hydrogen-bond donors (Lipinski definition) is 1. The molecule has 1 aromatic rings. The molecular weight excluding hydrogens is 250 g/mol. The van der Waals surface area contributed by atoms with Gasteiger partial charge >= 0.3 is 6.09 Å². The number of aryl methyl sites for hydroxylation is 2. The Balaban J connectivity index is 3.21. The summed E-state index contributed by atoms with van der Waals surface area (Å²) in [5, 5.41) is 9.15. The van der Waals surface area contributed by atoms with E-state index in [1.165, 1.54) is 6.92 Å². The molecule has 1 amide bonds. The van der Waals surface area contributed by atoms with E-state index in [4.69, 9.17) is 5.11 Å².